The molecule has 0 unspecified atom stereocenters. The van der Waals surface area contributed by atoms with Crippen LogP contribution in [0.2, 0.25) is 0 Å². The third kappa shape index (κ3) is 4.96. The van der Waals surface area contributed by atoms with Gasteiger partial charge in [-0.1, -0.05) is 6.07 Å². The van der Waals surface area contributed by atoms with E-state index in [1.54, 1.807) is 17.5 Å². The number of carbonyl (C=O) groups excluding carboxylic acids is 2. The summed E-state index contributed by atoms with van der Waals surface area (Å²) in [4.78, 5) is 34.1. The standard InChI is InChI=1S/C16H15NO7S2/c1-26(22,23)15-7-6-11(10-12(15)17(20)21)16(19)24-8-2-4-13(18)14-5-3-9-25-14/h3,5-7,9-10H,2,4,8H2,1H3. The monoisotopic (exact) mass is 397 g/mol. The molecule has 0 N–H and O–H groups in total. The quantitative estimate of drug-likeness (QED) is 0.221. The van der Waals surface area contributed by atoms with Gasteiger partial charge in [-0.3, -0.25) is 14.9 Å². The Labute approximate surface area is 153 Å². The third-order valence-electron chi connectivity index (χ3n) is 3.37. The summed E-state index contributed by atoms with van der Waals surface area (Å²) in [6.45, 7) is -0.0302. The first-order valence-corrected chi connectivity index (χ1v) is 10.2. The number of hydrogen-bond acceptors (Lipinski definition) is 8. The van der Waals surface area contributed by atoms with Crippen molar-refractivity contribution in [2.45, 2.75) is 17.7 Å². The molecule has 8 nitrogen and oxygen atoms in total. The van der Waals surface area contributed by atoms with Crippen LogP contribution in [0, 0.1) is 10.1 Å². The Morgan fingerprint density at radius 1 is 1.27 bits per heavy atom. The minimum absolute atomic E-state index is 0.0302. The van der Waals surface area contributed by atoms with Gasteiger partial charge in [-0.15, -0.1) is 11.3 Å². The van der Waals surface area contributed by atoms with Crippen LogP contribution in [-0.2, 0) is 14.6 Å². The molecule has 10 heteroatoms. The average molecular weight is 397 g/mol. The number of nitro groups is 1. The number of hydrogen-bond donors (Lipinski definition) is 0. The lowest BCUT2D eigenvalue weighted by Gasteiger charge is -2.06. The van der Waals surface area contributed by atoms with E-state index in [1.165, 1.54) is 11.3 Å². The van der Waals surface area contributed by atoms with Crippen molar-refractivity contribution in [1.29, 1.82) is 0 Å². The van der Waals surface area contributed by atoms with Crippen molar-refractivity contribution in [1.82, 2.24) is 0 Å². The molecule has 0 atom stereocenters. The third-order valence-corrected chi connectivity index (χ3v) is 5.42. The summed E-state index contributed by atoms with van der Waals surface area (Å²) in [6.07, 6.45) is 1.37. The first-order chi connectivity index (χ1) is 12.2. The van der Waals surface area contributed by atoms with E-state index in [0.29, 0.717) is 11.3 Å². The van der Waals surface area contributed by atoms with Crippen LogP contribution in [0.3, 0.4) is 0 Å². The second-order valence-electron chi connectivity index (χ2n) is 5.35. The van der Waals surface area contributed by atoms with Crippen LogP contribution in [0.5, 0.6) is 0 Å². The highest BCUT2D eigenvalue weighted by atomic mass is 32.2. The average Bonchev–Trinajstić information content (AvgIpc) is 3.11. The predicted octanol–water partition coefficient (Wildman–Crippen LogP) is 2.88. The molecule has 0 saturated heterocycles. The Morgan fingerprint density at radius 2 is 2.00 bits per heavy atom. The van der Waals surface area contributed by atoms with Gasteiger partial charge in [0.25, 0.3) is 5.69 Å². The normalized spacial score (nSPS) is 11.1. The second kappa shape index (κ2) is 8.19. The summed E-state index contributed by atoms with van der Waals surface area (Å²) >= 11 is 1.33. The van der Waals surface area contributed by atoms with Crippen LogP contribution in [0.1, 0.15) is 32.9 Å². The van der Waals surface area contributed by atoms with E-state index < -0.39 is 31.3 Å². The van der Waals surface area contributed by atoms with Gasteiger partial charge in [-0.05, 0) is 30.0 Å². The molecule has 0 bridgehead atoms. The first-order valence-electron chi connectivity index (χ1n) is 7.42. The molecule has 0 spiro atoms. The van der Waals surface area contributed by atoms with Crippen molar-refractivity contribution < 1.29 is 27.7 Å². The molecule has 0 fully saturated rings. The fourth-order valence-corrected chi connectivity index (χ4v) is 3.66. The maximum absolute atomic E-state index is 12.0. The Bertz CT molecular complexity index is 934. The fraction of sp³-hybridized carbons (Fsp3) is 0.250. The van der Waals surface area contributed by atoms with E-state index in [0.717, 1.165) is 24.5 Å². The lowest BCUT2D eigenvalue weighted by atomic mass is 10.2. The highest BCUT2D eigenvalue weighted by Crippen LogP contribution is 2.25. The molecule has 1 heterocycles. The molecule has 0 amide bonds. The van der Waals surface area contributed by atoms with Crippen LogP contribution in [0.15, 0.2) is 40.6 Å². The van der Waals surface area contributed by atoms with Crippen molar-refractivity contribution in [3.05, 3.63) is 56.3 Å². The van der Waals surface area contributed by atoms with Gasteiger partial charge in [0.1, 0.15) is 4.90 Å². The van der Waals surface area contributed by atoms with Crippen molar-refractivity contribution in [3.63, 3.8) is 0 Å². The minimum Gasteiger partial charge on any atom is -0.462 e. The number of benzene rings is 1. The zero-order chi connectivity index (χ0) is 19.3. The summed E-state index contributed by atoms with van der Waals surface area (Å²) in [5.74, 6) is -0.874. The lowest BCUT2D eigenvalue weighted by molar-refractivity contribution is -0.387. The van der Waals surface area contributed by atoms with Crippen molar-refractivity contribution in [2.75, 3.05) is 12.9 Å². The van der Waals surface area contributed by atoms with Crippen molar-refractivity contribution in [2.24, 2.45) is 0 Å². The predicted molar refractivity (Wildman–Crippen MR) is 94.4 cm³/mol. The van der Waals surface area contributed by atoms with Crippen molar-refractivity contribution in [3.8, 4) is 0 Å². The maximum atomic E-state index is 12.0. The summed E-state index contributed by atoms with van der Waals surface area (Å²) in [6, 6.07) is 6.51. The molecule has 2 rings (SSSR count). The van der Waals surface area contributed by atoms with Gasteiger partial charge in [0.05, 0.1) is 22.0 Å². The number of nitrogens with zero attached hydrogens (tertiary/aromatic N) is 1. The zero-order valence-electron chi connectivity index (χ0n) is 13.7. The largest absolute Gasteiger partial charge is 0.462 e. The number of carbonyl (C=O) groups is 2. The molecule has 2 aromatic rings. The number of esters is 1. The van der Waals surface area contributed by atoms with Crippen LogP contribution < -0.4 is 0 Å². The zero-order valence-corrected chi connectivity index (χ0v) is 15.3. The number of sulfone groups is 1. The Hall–Kier alpha value is -2.59. The van der Waals surface area contributed by atoms with Gasteiger partial charge in [-0.2, -0.15) is 0 Å². The second-order valence-corrected chi connectivity index (χ2v) is 8.28. The SMILES string of the molecule is CS(=O)(=O)c1ccc(C(=O)OCCCC(=O)c2cccs2)cc1[N+](=O)[O-]. The summed E-state index contributed by atoms with van der Waals surface area (Å²) in [5.41, 5.74) is -0.816. The summed E-state index contributed by atoms with van der Waals surface area (Å²) in [5, 5.41) is 12.8. The molecule has 0 saturated carbocycles. The number of ether oxygens (including phenoxy) is 1. The topological polar surface area (TPSA) is 121 Å². The van der Waals surface area contributed by atoms with Gasteiger partial charge < -0.3 is 4.74 Å². The molecular formula is C16H15NO7S2. The van der Waals surface area contributed by atoms with Crippen molar-refractivity contribution >= 4 is 38.6 Å². The van der Waals surface area contributed by atoms with E-state index >= 15 is 0 Å². The van der Waals surface area contributed by atoms with Gasteiger partial charge in [0.15, 0.2) is 15.6 Å². The number of ketones is 1. The number of rotatable bonds is 8. The van der Waals surface area contributed by atoms with Gasteiger partial charge in [0, 0.05) is 18.7 Å². The molecule has 0 radical (unpaired) electrons. The molecule has 138 valence electrons. The van der Waals surface area contributed by atoms with Gasteiger partial charge in [-0.25, -0.2) is 13.2 Å². The van der Waals surface area contributed by atoms with Crippen LogP contribution >= 0.6 is 11.3 Å². The van der Waals surface area contributed by atoms with E-state index in [1.807, 2.05) is 0 Å². The van der Waals surface area contributed by atoms with E-state index in [2.05, 4.69) is 0 Å². The molecule has 0 aliphatic heterocycles. The van der Waals surface area contributed by atoms with E-state index in [9.17, 15) is 28.1 Å². The summed E-state index contributed by atoms with van der Waals surface area (Å²) in [7, 11) is -3.80. The Kier molecular flexibility index (Phi) is 6.22. The molecular weight excluding hydrogens is 382 g/mol. The van der Waals surface area contributed by atoms with Crippen LogP contribution in [-0.4, -0.2) is 38.0 Å². The molecule has 26 heavy (non-hydrogen) atoms. The lowest BCUT2D eigenvalue weighted by Crippen LogP contribution is -2.10. The Balaban J connectivity index is 1.98. The maximum Gasteiger partial charge on any atom is 0.338 e. The highest BCUT2D eigenvalue weighted by molar-refractivity contribution is 7.90. The van der Waals surface area contributed by atoms with E-state index in [4.69, 9.17) is 4.74 Å². The fourth-order valence-electron chi connectivity index (χ4n) is 2.14. The van der Waals surface area contributed by atoms with Gasteiger partial charge >= 0.3 is 5.97 Å². The molecule has 0 aliphatic rings. The van der Waals surface area contributed by atoms with Gasteiger partial charge in [0.2, 0.25) is 0 Å². The van der Waals surface area contributed by atoms with Crippen LogP contribution in [0.4, 0.5) is 5.69 Å². The minimum atomic E-state index is -3.80. The number of nitro benzene ring substituents is 1. The molecule has 1 aromatic heterocycles. The number of thiophene rings is 1. The molecule has 0 aliphatic carbocycles. The van der Waals surface area contributed by atoms with E-state index in [-0.39, 0.29) is 24.4 Å². The molecule has 1 aromatic carbocycles. The first kappa shape index (κ1) is 19.7. The summed E-state index contributed by atoms with van der Waals surface area (Å²) < 4.78 is 28.1. The van der Waals surface area contributed by atoms with Crippen LogP contribution in [0.25, 0.3) is 0 Å². The smallest absolute Gasteiger partial charge is 0.338 e. The highest BCUT2D eigenvalue weighted by Gasteiger charge is 2.24. The Morgan fingerprint density at radius 3 is 2.58 bits per heavy atom. The number of Topliss-reactive ketones (excluding diaryl/α,β-unsaturated/α-hetero) is 1.